The van der Waals surface area contributed by atoms with Crippen LogP contribution >= 0.6 is 0 Å². The predicted molar refractivity (Wildman–Crippen MR) is 106 cm³/mol. The standard InChI is InChI=1S/C21H22N6O2/c22-19(15-6-2-1-3-7-15)21(29)26-10-11-27-17(14-26)12-18(25-27)20(28)24-13-16-8-4-5-9-23-16/h1-9,12,19H,10-11,13-14,22H2,(H,24,28)/t19-/m1/s1. The number of hydrogen-bond donors (Lipinski definition) is 2. The lowest BCUT2D eigenvalue weighted by Crippen LogP contribution is -2.43. The summed E-state index contributed by atoms with van der Waals surface area (Å²) in [5.74, 6) is -0.402. The van der Waals surface area contributed by atoms with Crippen molar-refractivity contribution in [1.82, 2.24) is 25.0 Å². The largest absolute Gasteiger partial charge is 0.345 e. The second-order valence-electron chi connectivity index (χ2n) is 6.90. The second kappa shape index (κ2) is 8.24. The number of nitrogens with one attached hydrogen (secondary N) is 1. The van der Waals surface area contributed by atoms with E-state index >= 15 is 0 Å². The van der Waals surface area contributed by atoms with Gasteiger partial charge in [-0.3, -0.25) is 19.3 Å². The van der Waals surface area contributed by atoms with Crippen LogP contribution in [0.3, 0.4) is 0 Å². The molecule has 1 atom stereocenters. The molecule has 4 rings (SSSR count). The van der Waals surface area contributed by atoms with E-state index in [4.69, 9.17) is 5.73 Å². The van der Waals surface area contributed by atoms with Crippen LogP contribution in [-0.2, 0) is 24.4 Å². The molecule has 0 saturated carbocycles. The van der Waals surface area contributed by atoms with Gasteiger partial charge in [-0.2, -0.15) is 5.10 Å². The molecule has 0 aliphatic carbocycles. The summed E-state index contributed by atoms with van der Waals surface area (Å²) in [5.41, 5.74) is 8.86. The van der Waals surface area contributed by atoms with E-state index < -0.39 is 6.04 Å². The number of hydrogen-bond acceptors (Lipinski definition) is 5. The van der Waals surface area contributed by atoms with Crippen LogP contribution in [0.4, 0.5) is 0 Å². The molecule has 3 aromatic rings. The molecule has 8 nitrogen and oxygen atoms in total. The maximum atomic E-state index is 12.8. The number of pyridine rings is 1. The molecule has 2 aromatic heterocycles. The minimum Gasteiger partial charge on any atom is -0.345 e. The SMILES string of the molecule is N[C@@H](C(=O)N1CCn2nc(C(=O)NCc3ccccn3)cc2C1)c1ccccc1. The van der Waals surface area contributed by atoms with E-state index in [9.17, 15) is 9.59 Å². The summed E-state index contributed by atoms with van der Waals surface area (Å²) < 4.78 is 1.77. The van der Waals surface area contributed by atoms with Crippen molar-refractivity contribution in [2.45, 2.75) is 25.7 Å². The van der Waals surface area contributed by atoms with Gasteiger partial charge < -0.3 is 16.0 Å². The lowest BCUT2D eigenvalue weighted by Gasteiger charge is -2.29. The topological polar surface area (TPSA) is 106 Å². The maximum Gasteiger partial charge on any atom is 0.272 e. The van der Waals surface area contributed by atoms with Crippen LogP contribution in [0.5, 0.6) is 0 Å². The van der Waals surface area contributed by atoms with Crippen LogP contribution in [0.15, 0.2) is 60.8 Å². The molecule has 1 aliphatic rings. The van der Waals surface area contributed by atoms with Crippen molar-refractivity contribution in [3.05, 3.63) is 83.4 Å². The maximum absolute atomic E-state index is 12.8. The number of fused-ring (bicyclic) bond motifs is 1. The molecule has 3 N–H and O–H groups in total. The fourth-order valence-corrected chi connectivity index (χ4v) is 3.33. The summed E-state index contributed by atoms with van der Waals surface area (Å²) in [5, 5.41) is 7.20. The van der Waals surface area contributed by atoms with Gasteiger partial charge in [0.15, 0.2) is 5.69 Å². The predicted octanol–water partition coefficient (Wildman–Crippen LogP) is 1.25. The van der Waals surface area contributed by atoms with Gasteiger partial charge in [-0.25, -0.2) is 0 Å². The molecule has 0 saturated heterocycles. The zero-order valence-electron chi connectivity index (χ0n) is 15.9. The molecular formula is C21H22N6O2. The van der Waals surface area contributed by atoms with Crippen molar-refractivity contribution < 1.29 is 9.59 Å². The molecule has 29 heavy (non-hydrogen) atoms. The lowest BCUT2D eigenvalue weighted by molar-refractivity contribution is -0.134. The Morgan fingerprint density at radius 2 is 1.90 bits per heavy atom. The zero-order valence-corrected chi connectivity index (χ0v) is 15.9. The summed E-state index contributed by atoms with van der Waals surface area (Å²) in [6, 6.07) is 15.9. The molecule has 0 spiro atoms. The van der Waals surface area contributed by atoms with Crippen LogP contribution in [0.2, 0.25) is 0 Å². The van der Waals surface area contributed by atoms with E-state index in [1.54, 1.807) is 21.8 Å². The van der Waals surface area contributed by atoms with Crippen molar-refractivity contribution in [2.24, 2.45) is 5.73 Å². The average molecular weight is 390 g/mol. The van der Waals surface area contributed by atoms with Crippen LogP contribution in [0, 0.1) is 0 Å². The van der Waals surface area contributed by atoms with Crippen LogP contribution in [0.1, 0.15) is 33.5 Å². The van der Waals surface area contributed by atoms with Crippen LogP contribution < -0.4 is 11.1 Å². The normalized spacial score (nSPS) is 14.2. The number of amides is 2. The Morgan fingerprint density at radius 3 is 2.66 bits per heavy atom. The van der Waals surface area contributed by atoms with E-state index in [1.807, 2.05) is 48.5 Å². The minimum atomic E-state index is -0.702. The molecule has 148 valence electrons. The summed E-state index contributed by atoms with van der Waals surface area (Å²) >= 11 is 0. The van der Waals surface area contributed by atoms with Gasteiger partial charge >= 0.3 is 0 Å². The van der Waals surface area contributed by atoms with Gasteiger partial charge in [0.05, 0.1) is 31.0 Å². The third kappa shape index (κ3) is 4.17. The van der Waals surface area contributed by atoms with Gasteiger partial charge in [0, 0.05) is 12.7 Å². The first-order valence-corrected chi connectivity index (χ1v) is 9.46. The number of nitrogens with zero attached hydrogens (tertiary/aromatic N) is 4. The molecule has 0 bridgehead atoms. The number of aromatic nitrogens is 3. The van der Waals surface area contributed by atoms with Crippen molar-refractivity contribution in [2.75, 3.05) is 6.54 Å². The van der Waals surface area contributed by atoms with Crippen molar-refractivity contribution in [3.63, 3.8) is 0 Å². The van der Waals surface area contributed by atoms with Crippen molar-refractivity contribution in [1.29, 1.82) is 0 Å². The van der Waals surface area contributed by atoms with Crippen molar-refractivity contribution >= 4 is 11.8 Å². The Bertz CT molecular complexity index is 1000. The summed E-state index contributed by atoms with van der Waals surface area (Å²) in [6.45, 7) is 1.73. The highest BCUT2D eigenvalue weighted by Crippen LogP contribution is 2.19. The van der Waals surface area contributed by atoms with Gasteiger partial charge in [0.1, 0.15) is 6.04 Å². The third-order valence-corrected chi connectivity index (χ3v) is 4.92. The molecule has 3 heterocycles. The highest BCUT2D eigenvalue weighted by Gasteiger charge is 2.27. The third-order valence-electron chi connectivity index (χ3n) is 4.92. The summed E-state index contributed by atoms with van der Waals surface area (Å²) in [7, 11) is 0. The molecule has 1 aromatic carbocycles. The number of carbonyl (C=O) groups excluding carboxylic acids is 2. The Labute approximate surface area is 168 Å². The Morgan fingerprint density at radius 1 is 1.10 bits per heavy atom. The number of carbonyl (C=O) groups is 2. The fraction of sp³-hybridized carbons (Fsp3) is 0.238. The van der Waals surface area contributed by atoms with Gasteiger partial charge in [0.25, 0.3) is 5.91 Å². The Balaban J connectivity index is 1.40. The first kappa shape index (κ1) is 18.8. The van der Waals surface area contributed by atoms with E-state index in [2.05, 4.69) is 15.4 Å². The quantitative estimate of drug-likeness (QED) is 0.682. The van der Waals surface area contributed by atoms with E-state index in [1.165, 1.54) is 0 Å². The van der Waals surface area contributed by atoms with E-state index in [0.29, 0.717) is 31.9 Å². The Kier molecular flexibility index (Phi) is 5.35. The lowest BCUT2D eigenvalue weighted by atomic mass is 10.1. The summed E-state index contributed by atoms with van der Waals surface area (Å²) in [6.07, 6.45) is 1.68. The monoisotopic (exact) mass is 390 g/mol. The zero-order chi connectivity index (χ0) is 20.2. The van der Waals surface area contributed by atoms with Gasteiger partial charge in [0.2, 0.25) is 5.91 Å². The number of benzene rings is 1. The van der Waals surface area contributed by atoms with Gasteiger partial charge in [-0.1, -0.05) is 36.4 Å². The molecule has 0 radical (unpaired) electrons. The Hall–Kier alpha value is -3.52. The highest BCUT2D eigenvalue weighted by molar-refractivity contribution is 5.92. The van der Waals surface area contributed by atoms with E-state index in [-0.39, 0.29) is 11.8 Å². The first-order chi connectivity index (χ1) is 14.1. The van der Waals surface area contributed by atoms with Crippen LogP contribution in [0.25, 0.3) is 0 Å². The van der Waals surface area contributed by atoms with Gasteiger partial charge in [-0.15, -0.1) is 0 Å². The molecular weight excluding hydrogens is 368 g/mol. The van der Waals surface area contributed by atoms with Crippen LogP contribution in [-0.4, -0.2) is 38.0 Å². The number of nitrogens with two attached hydrogens (primary N) is 1. The summed E-state index contributed by atoms with van der Waals surface area (Å²) in [4.78, 5) is 31.1. The first-order valence-electron chi connectivity index (χ1n) is 9.46. The number of rotatable bonds is 5. The minimum absolute atomic E-state index is 0.134. The van der Waals surface area contributed by atoms with Gasteiger partial charge in [-0.05, 0) is 23.8 Å². The molecule has 1 aliphatic heterocycles. The smallest absolute Gasteiger partial charge is 0.272 e. The molecule has 8 heteroatoms. The van der Waals surface area contributed by atoms with Crippen molar-refractivity contribution in [3.8, 4) is 0 Å². The average Bonchev–Trinajstić information content (AvgIpc) is 3.21. The highest BCUT2D eigenvalue weighted by atomic mass is 16.2. The molecule has 0 unspecified atom stereocenters. The molecule has 0 fully saturated rings. The van der Waals surface area contributed by atoms with E-state index in [0.717, 1.165) is 17.0 Å². The second-order valence-corrected chi connectivity index (χ2v) is 6.90. The molecule has 2 amide bonds. The fourth-order valence-electron chi connectivity index (χ4n) is 3.33.